The summed E-state index contributed by atoms with van der Waals surface area (Å²) in [6.45, 7) is 6.73. The summed E-state index contributed by atoms with van der Waals surface area (Å²) in [5, 5.41) is 10.8. The van der Waals surface area contributed by atoms with Gasteiger partial charge < -0.3 is 14.6 Å². The van der Waals surface area contributed by atoms with Crippen LogP contribution in [-0.4, -0.2) is 23.9 Å². The second-order valence-corrected chi connectivity index (χ2v) is 5.58. The van der Waals surface area contributed by atoms with Crippen molar-refractivity contribution in [3.63, 3.8) is 0 Å². The smallest absolute Gasteiger partial charge is 0.119 e. The van der Waals surface area contributed by atoms with Crippen molar-refractivity contribution in [2.75, 3.05) is 6.61 Å². The molecule has 1 aliphatic rings. The summed E-state index contributed by atoms with van der Waals surface area (Å²) >= 11 is 0. The lowest BCUT2D eigenvalue weighted by Gasteiger charge is -2.37. The van der Waals surface area contributed by atoms with Gasteiger partial charge >= 0.3 is 0 Å². The van der Waals surface area contributed by atoms with Gasteiger partial charge in [0.15, 0.2) is 0 Å². The van der Waals surface area contributed by atoms with E-state index >= 15 is 0 Å². The number of rotatable bonds is 4. The fourth-order valence-electron chi connectivity index (χ4n) is 2.57. The van der Waals surface area contributed by atoms with E-state index in [4.69, 9.17) is 9.47 Å². The Balaban J connectivity index is 2.12. The summed E-state index contributed by atoms with van der Waals surface area (Å²) in [6.07, 6.45) is 2.60. The zero-order valence-electron chi connectivity index (χ0n) is 12.1. The highest BCUT2D eigenvalue weighted by Gasteiger charge is 2.35. The molecule has 2 atom stereocenters. The van der Waals surface area contributed by atoms with Crippen molar-refractivity contribution >= 4 is 0 Å². The Hall–Kier alpha value is -1.06. The summed E-state index contributed by atoms with van der Waals surface area (Å²) in [5.41, 5.74) is 0.209. The lowest BCUT2D eigenvalue weighted by Crippen LogP contribution is -2.38. The minimum absolute atomic E-state index is 0.158. The highest BCUT2D eigenvalue weighted by Crippen LogP contribution is 2.36. The summed E-state index contributed by atoms with van der Waals surface area (Å²) in [4.78, 5) is 0. The molecule has 0 saturated carbocycles. The fourth-order valence-corrected chi connectivity index (χ4v) is 2.57. The first-order chi connectivity index (χ1) is 9.03. The molecule has 1 aromatic carbocycles. The Morgan fingerprint density at radius 1 is 1.37 bits per heavy atom. The second-order valence-electron chi connectivity index (χ2n) is 5.58. The van der Waals surface area contributed by atoms with Crippen LogP contribution in [0.25, 0.3) is 0 Å². The van der Waals surface area contributed by atoms with Crippen LogP contribution in [0.5, 0.6) is 5.75 Å². The zero-order valence-corrected chi connectivity index (χ0v) is 12.1. The maximum absolute atomic E-state index is 10.8. The molecule has 0 aliphatic carbocycles. The molecule has 1 N–H and O–H groups in total. The molecule has 3 heteroatoms. The Morgan fingerprint density at radius 3 is 2.63 bits per heavy atom. The van der Waals surface area contributed by atoms with Crippen LogP contribution < -0.4 is 4.74 Å². The average Bonchev–Trinajstić information content (AvgIpc) is 2.38. The van der Waals surface area contributed by atoms with Gasteiger partial charge in [0.1, 0.15) is 5.75 Å². The van der Waals surface area contributed by atoms with Crippen molar-refractivity contribution in [3.05, 3.63) is 29.8 Å². The van der Waals surface area contributed by atoms with Crippen molar-refractivity contribution in [1.82, 2.24) is 0 Å². The van der Waals surface area contributed by atoms with E-state index in [1.807, 2.05) is 38.1 Å². The van der Waals surface area contributed by atoms with E-state index in [2.05, 4.69) is 6.92 Å². The third-order valence-corrected chi connectivity index (χ3v) is 3.65. The zero-order chi connectivity index (χ0) is 13.9. The van der Waals surface area contributed by atoms with Gasteiger partial charge in [-0.25, -0.2) is 0 Å². The lowest BCUT2D eigenvalue weighted by atomic mass is 9.83. The summed E-state index contributed by atoms with van der Waals surface area (Å²) < 4.78 is 11.3. The van der Waals surface area contributed by atoms with Crippen LogP contribution in [0.15, 0.2) is 24.3 Å². The quantitative estimate of drug-likeness (QED) is 0.907. The monoisotopic (exact) mass is 264 g/mol. The molecule has 3 nitrogen and oxygen atoms in total. The third kappa shape index (κ3) is 3.48. The Kier molecular flexibility index (Phi) is 4.48. The molecule has 1 fully saturated rings. The van der Waals surface area contributed by atoms with E-state index in [1.165, 1.54) is 0 Å². The van der Waals surface area contributed by atoms with Gasteiger partial charge in [-0.15, -0.1) is 0 Å². The Labute approximate surface area is 115 Å². The first kappa shape index (κ1) is 14.4. The minimum atomic E-state index is -0.755. The molecule has 0 spiro atoms. The van der Waals surface area contributed by atoms with E-state index in [1.54, 1.807) is 0 Å². The fraction of sp³-hybridized carbons (Fsp3) is 0.625. The summed E-state index contributed by atoms with van der Waals surface area (Å²) in [5.74, 6) is 0.849. The first-order valence-electron chi connectivity index (χ1n) is 7.14. The number of benzene rings is 1. The van der Waals surface area contributed by atoms with Crippen molar-refractivity contribution in [1.29, 1.82) is 0 Å². The van der Waals surface area contributed by atoms with Crippen LogP contribution >= 0.6 is 0 Å². The molecule has 1 aromatic rings. The number of hydrogen-bond acceptors (Lipinski definition) is 3. The lowest BCUT2D eigenvalue weighted by molar-refractivity contribution is -0.108. The van der Waals surface area contributed by atoms with Crippen LogP contribution in [0.1, 0.15) is 45.6 Å². The van der Waals surface area contributed by atoms with Crippen LogP contribution in [0.2, 0.25) is 0 Å². The predicted molar refractivity (Wildman–Crippen MR) is 75.4 cm³/mol. The van der Waals surface area contributed by atoms with Crippen molar-refractivity contribution in [2.24, 2.45) is 0 Å². The van der Waals surface area contributed by atoms with Crippen LogP contribution in [0, 0.1) is 0 Å². The van der Waals surface area contributed by atoms with Gasteiger partial charge in [0, 0.05) is 12.8 Å². The molecule has 0 bridgehead atoms. The third-order valence-electron chi connectivity index (χ3n) is 3.65. The molecule has 0 aromatic heterocycles. The van der Waals surface area contributed by atoms with E-state index in [0.717, 1.165) is 17.7 Å². The number of hydrogen-bond donors (Lipinski definition) is 1. The van der Waals surface area contributed by atoms with Gasteiger partial charge in [0.2, 0.25) is 0 Å². The van der Waals surface area contributed by atoms with Gasteiger partial charge in [-0.3, -0.25) is 0 Å². The van der Waals surface area contributed by atoms with Crippen LogP contribution in [-0.2, 0) is 10.3 Å². The Morgan fingerprint density at radius 2 is 2.05 bits per heavy atom. The second kappa shape index (κ2) is 5.93. The van der Waals surface area contributed by atoms with Gasteiger partial charge in [0.25, 0.3) is 0 Å². The molecule has 1 heterocycles. The molecule has 0 radical (unpaired) electrons. The molecular formula is C16H24O3. The molecular weight excluding hydrogens is 240 g/mol. The van der Waals surface area contributed by atoms with E-state index < -0.39 is 5.60 Å². The maximum Gasteiger partial charge on any atom is 0.119 e. The minimum Gasteiger partial charge on any atom is -0.491 e. The summed E-state index contributed by atoms with van der Waals surface area (Å²) in [6, 6.07) is 7.80. The molecule has 2 rings (SSSR count). The van der Waals surface area contributed by atoms with Gasteiger partial charge in [-0.1, -0.05) is 19.1 Å². The van der Waals surface area contributed by atoms with Crippen molar-refractivity contribution in [3.8, 4) is 5.75 Å². The van der Waals surface area contributed by atoms with Crippen molar-refractivity contribution < 1.29 is 14.6 Å². The molecule has 19 heavy (non-hydrogen) atoms. The van der Waals surface area contributed by atoms with Gasteiger partial charge in [-0.2, -0.15) is 0 Å². The molecule has 2 unspecified atom stereocenters. The average molecular weight is 264 g/mol. The highest BCUT2D eigenvalue weighted by molar-refractivity contribution is 5.31. The van der Waals surface area contributed by atoms with Gasteiger partial charge in [0.05, 0.1) is 24.4 Å². The molecule has 0 amide bonds. The Bertz CT molecular complexity index is 399. The number of ether oxygens (including phenoxy) is 2. The summed E-state index contributed by atoms with van der Waals surface area (Å²) in [7, 11) is 0. The van der Waals surface area contributed by atoms with Crippen molar-refractivity contribution in [2.45, 2.75) is 57.8 Å². The van der Waals surface area contributed by atoms with E-state index in [0.29, 0.717) is 19.4 Å². The predicted octanol–water partition coefficient (Wildman–Crippen LogP) is 3.25. The largest absolute Gasteiger partial charge is 0.491 e. The van der Waals surface area contributed by atoms with Crippen LogP contribution in [0.3, 0.4) is 0 Å². The molecule has 1 saturated heterocycles. The normalized spacial score (nSPS) is 27.5. The van der Waals surface area contributed by atoms with Gasteiger partial charge in [-0.05, 0) is 38.0 Å². The first-order valence-corrected chi connectivity index (χ1v) is 7.14. The number of aliphatic hydroxyl groups is 1. The standard InChI is InChI=1S/C16H24O3/c1-4-14-11-16(17,9-10-18-14)13-5-7-15(8-6-13)19-12(2)3/h5-8,12,14,17H,4,9-11H2,1-3H3. The maximum atomic E-state index is 10.8. The SMILES string of the molecule is CCC1CC(O)(c2ccc(OC(C)C)cc2)CCO1. The highest BCUT2D eigenvalue weighted by atomic mass is 16.5. The molecule has 106 valence electrons. The topological polar surface area (TPSA) is 38.7 Å². The van der Waals surface area contributed by atoms with E-state index in [9.17, 15) is 5.11 Å². The van der Waals surface area contributed by atoms with E-state index in [-0.39, 0.29) is 12.2 Å². The molecule has 1 aliphatic heterocycles. The van der Waals surface area contributed by atoms with Crippen LogP contribution in [0.4, 0.5) is 0 Å².